The maximum atomic E-state index is 11.8. The van der Waals surface area contributed by atoms with Crippen LogP contribution >= 0.6 is 28.1 Å². The molecule has 2 rings (SSSR count). The number of amides is 1. The number of hydrogen-bond acceptors (Lipinski definition) is 4. The van der Waals surface area contributed by atoms with Gasteiger partial charge in [0.05, 0.1) is 17.4 Å². The predicted octanol–water partition coefficient (Wildman–Crippen LogP) is 1.20. The Morgan fingerprint density at radius 3 is 2.71 bits per heavy atom. The molecule has 0 aromatic heterocycles. The van der Waals surface area contributed by atoms with Crippen LogP contribution in [0.1, 0.15) is 6.42 Å². The zero-order valence-corrected chi connectivity index (χ0v) is 14.1. The highest BCUT2D eigenvalue weighted by Crippen LogP contribution is 2.18. The van der Waals surface area contributed by atoms with Crippen LogP contribution in [0.5, 0.6) is 0 Å². The number of rotatable bonds is 2. The molecule has 1 fully saturated rings. The molecule has 1 atom stereocenters. The molecule has 0 spiro atoms. The van der Waals surface area contributed by atoms with Crippen LogP contribution in [0.3, 0.4) is 0 Å². The van der Waals surface area contributed by atoms with Gasteiger partial charge in [0.15, 0.2) is 14.9 Å². The number of nitrogens with one attached hydrogen (secondary N) is 3. The summed E-state index contributed by atoms with van der Waals surface area (Å²) >= 11 is 8.39. The minimum Gasteiger partial charge on any atom is -0.331 e. The molecule has 0 unspecified atom stereocenters. The van der Waals surface area contributed by atoms with Crippen molar-refractivity contribution in [3.8, 4) is 0 Å². The number of hydrogen-bond donors (Lipinski definition) is 3. The molecule has 9 heteroatoms. The Morgan fingerprint density at radius 2 is 2.10 bits per heavy atom. The third-order valence-electron chi connectivity index (χ3n) is 2.98. The number of halogens is 1. The summed E-state index contributed by atoms with van der Waals surface area (Å²) in [7, 11) is -3.07. The second-order valence-corrected chi connectivity index (χ2v) is 8.23. The molecule has 114 valence electrons. The highest BCUT2D eigenvalue weighted by molar-refractivity contribution is 9.10. The van der Waals surface area contributed by atoms with Crippen molar-refractivity contribution < 1.29 is 13.2 Å². The normalized spacial score (nSPS) is 19.8. The fourth-order valence-electron chi connectivity index (χ4n) is 1.95. The first-order valence-electron chi connectivity index (χ1n) is 6.18. The molecule has 1 aromatic carbocycles. The van der Waals surface area contributed by atoms with Gasteiger partial charge < -0.3 is 5.32 Å². The Balaban J connectivity index is 1.80. The van der Waals surface area contributed by atoms with E-state index in [1.54, 1.807) is 0 Å². The maximum Gasteiger partial charge on any atom is 0.242 e. The van der Waals surface area contributed by atoms with Crippen LogP contribution in [0.2, 0.25) is 0 Å². The Kier molecular flexibility index (Phi) is 5.17. The summed E-state index contributed by atoms with van der Waals surface area (Å²) in [6, 6.07) is 7.38. The summed E-state index contributed by atoms with van der Waals surface area (Å²) in [6.07, 6.45) is 0.349. The molecule has 0 aliphatic carbocycles. The molecule has 1 saturated heterocycles. The minimum absolute atomic E-state index is 0.0613. The highest BCUT2D eigenvalue weighted by Gasteiger charge is 2.32. The van der Waals surface area contributed by atoms with Crippen molar-refractivity contribution in [3.05, 3.63) is 28.7 Å². The second kappa shape index (κ2) is 6.71. The van der Waals surface area contributed by atoms with Crippen molar-refractivity contribution in [3.63, 3.8) is 0 Å². The number of benzene rings is 1. The van der Waals surface area contributed by atoms with Crippen LogP contribution in [-0.4, -0.2) is 30.9 Å². The topological polar surface area (TPSA) is 87.3 Å². The monoisotopic (exact) mass is 391 g/mol. The Morgan fingerprint density at radius 1 is 1.33 bits per heavy atom. The van der Waals surface area contributed by atoms with Crippen molar-refractivity contribution in [1.29, 1.82) is 0 Å². The van der Waals surface area contributed by atoms with Crippen LogP contribution < -0.4 is 16.2 Å². The van der Waals surface area contributed by atoms with E-state index in [4.69, 9.17) is 12.2 Å². The molecular weight excluding hydrogens is 378 g/mol. The molecule has 21 heavy (non-hydrogen) atoms. The molecule has 1 heterocycles. The average molecular weight is 392 g/mol. The quantitative estimate of drug-likeness (QED) is 0.518. The first-order chi connectivity index (χ1) is 9.85. The lowest BCUT2D eigenvalue weighted by atomic mass is 10.1. The number of thiocarbonyl (C=S) groups is 1. The summed E-state index contributed by atoms with van der Waals surface area (Å²) in [5.41, 5.74) is 5.76. The van der Waals surface area contributed by atoms with E-state index in [0.717, 1.165) is 10.2 Å². The Bertz CT molecular complexity index is 663. The van der Waals surface area contributed by atoms with E-state index in [2.05, 4.69) is 32.1 Å². The summed E-state index contributed by atoms with van der Waals surface area (Å²) in [6.45, 7) is 0. The Hall–Kier alpha value is -1.19. The molecule has 1 aromatic rings. The Labute approximate surface area is 136 Å². The summed E-state index contributed by atoms with van der Waals surface area (Å²) < 4.78 is 23.5. The number of carbonyl (C=O) groups excluding carboxylic acids is 1. The molecule has 1 aliphatic rings. The number of carbonyl (C=O) groups is 1. The van der Waals surface area contributed by atoms with Crippen LogP contribution in [0.15, 0.2) is 28.7 Å². The minimum atomic E-state index is -3.07. The molecule has 0 radical (unpaired) electrons. The van der Waals surface area contributed by atoms with Gasteiger partial charge in [0.2, 0.25) is 5.91 Å². The highest BCUT2D eigenvalue weighted by atomic mass is 79.9. The first kappa shape index (κ1) is 16.2. The lowest BCUT2D eigenvalue weighted by molar-refractivity contribution is -0.124. The molecular formula is C12H14BrN3O3S2. The molecule has 0 saturated carbocycles. The summed E-state index contributed by atoms with van der Waals surface area (Å²) in [5, 5.41) is 3.13. The molecule has 0 bridgehead atoms. The van der Waals surface area contributed by atoms with E-state index in [-0.39, 0.29) is 22.5 Å². The molecule has 3 N–H and O–H groups in total. The summed E-state index contributed by atoms with van der Waals surface area (Å²) in [5.74, 6) is -0.927. The first-order valence-corrected chi connectivity index (χ1v) is 9.21. The smallest absolute Gasteiger partial charge is 0.242 e. The van der Waals surface area contributed by atoms with Gasteiger partial charge in [-0.2, -0.15) is 0 Å². The van der Waals surface area contributed by atoms with E-state index < -0.39 is 15.8 Å². The lowest BCUT2D eigenvalue weighted by Gasteiger charge is -2.13. The van der Waals surface area contributed by atoms with E-state index in [0.29, 0.717) is 6.42 Å². The van der Waals surface area contributed by atoms with E-state index in [1.165, 1.54) is 0 Å². The molecule has 1 amide bonds. The largest absolute Gasteiger partial charge is 0.331 e. The van der Waals surface area contributed by atoms with Gasteiger partial charge in [0.25, 0.3) is 0 Å². The van der Waals surface area contributed by atoms with Gasteiger partial charge in [-0.15, -0.1) is 0 Å². The van der Waals surface area contributed by atoms with Crippen LogP contribution in [-0.2, 0) is 14.6 Å². The van der Waals surface area contributed by atoms with Crippen LogP contribution in [0.25, 0.3) is 0 Å². The van der Waals surface area contributed by atoms with Crippen molar-refractivity contribution in [2.45, 2.75) is 6.42 Å². The van der Waals surface area contributed by atoms with E-state index in [1.807, 2.05) is 24.3 Å². The number of sulfone groups is 1. The fourth-order valence-corrected chi connectivity index (χ4v) is 4.26. The zero-order chi connectivity index (χ0) is 15.5. The van der Waals surface area contributed by atoms with Gasteiger partial charge in [0.1, 0.15) is 0 Å². The van der Waals surface area contributed by atoms with Gasteiger partial charge in [0, 0.05) is 10.2 Å². The van der Waals surface area contributed by atoms with Crippen LogP contribution in [0, 0.1) is 5.92 Å². The van der Waals surface area contributed by atoms with Crippen molar-refractivity contribution in [2.24, 2.45) is 5.92 Å². The lowest BCUT2D eigenvalue weighted by Crippen LogP contribution is -2.46. The molecule has 6 nitrogen and oxygen atoms in total. The van der Waals surface area contributed by atoms with Gasteiger partial charge in [-0.1, -0.05) is 22.0 Å². The van der Waals surface area contributed by atoms with E-state index in [9.17, 15) is 13.2 Å². The SMILES string of the molecule is O=C(NNC(=S)Nc1cccc(Br)c1)[C@H]1CCS(=O)(=O)C1. The number of hydrazine groups is 1. The predicted molar refractivity (Wildman–Crippen MR) is 88.4 cm³/mol. The van der Waals surface area contributed by atoms with Gasteiger partial charge in [-0.25, -0.2) is 8.42 Å². The zero-order valence-electron chi connectivity index (χ0n) is 10.9. The third-order valence-corrected chi connectivity index (χ3v) is 5.45. The number of anilines is 1. The maximum absolute atomic E-state index is 11.8. The van der Waals surface area contributed by atoms with Crippen molar-refractivity contribution in [1.82, 2.24) is 10.9 Å². The van der Waals surface area contributed by atoms with Gasteiger partial charge in [-0.3, -0.25) is 15.6 Å². The average Bonchev–Trinajstić information content (AvgIpc) is 2.76. The standard InChI is InChI=1S/C12H14BrN3O3S2/c13-9-2-1-3-10(6-9)14-12(20)16-15-11(17)8-4-5-21(18,19)7-8/h1-3,6,8H,4-5,7H2,(H,15,17)(H2,14,16,20)/t8-/m0/s1. The van der Waals surface area contributed by atoms with E-state index >= 15 is 0 Å². The van der Waals surface area contributed by atoms with Crippen molar-refractivity contribution >= 4 is 54.7 Å². The molecule has 1 aliphatic heterocycles. The third kappa shape index (κ3) is 4.94. The fraction of sp³-hybridized carbons (Fsp3) is 0.333. The van der Waals surface area contributed by atoms with Gasteiger partial charge in [-0.05, 0) is 36.8 Å². The van der Waals surface area contributed by atoms with Gasteiger partial charge >= 0.3 is 0 Å². The van der Waals surface area contributed by atoms with Crippen molar-refractivity contribution in [2.75, 3.05) is 16.8 Å². The van der Waals surface area contributed by atoms with Crippen LogP contribution in [0.4, 0.5) is 5.69 Å². The summed E-state index contributed by atoms with van der Waals surface area (Å²) in [4.78, 5) is 11.8. The second-order valence-electron chi connectivity index (χ2n) is 4.68.